The summed E-state index contributed by atoms with van der Waals surface area (Å²) in [5, 5.41) is 0.879. The van der Waals surface area contributed by atoms with Crippen molar-refractivity contribution in [3.8, 4) is 17.2 Å². The number of benzene rings is 5. The van der Waals surface area contributed by atoms with Crippen LogP contribution in [0.4, 0.5) is 13.2 Å². The molecule has 0 amide bonds. The molecular weight excluding hydrogens is 2050 g/mol. The lowest BCUT2D eigenvalue weighted by Crippen LogP contribution is -2.27. The SMILES string of the molecule is CCC(C)(C)C(=O)OCCCCCCCCS(=O)(=O)[O-].CCC(C)(C)C(=O)OCCCCCCS(=O)(=O)[O-].CCC(C)(C)C(=O)OCCCOc1ccc(S(=O)(=O)[N-]S(=O)(=O)C(F)(F)F)cc1.CCC(C)(C)C(=O)OCCCOc1ccc(S(=O)(=O)[O-])c2ccccc12.CCC(C)(C)C(=O)OCCCOc1ccc(S(=O)(=O)[O-])cc1.CCC(C)(C)C(=O)OCCS(=O)(=O)[O-].CCC(C)c1ccc(S(=O)(=O)[O-])cc1. The monoisotopic (exact) mass is 2190 g/mol. The van der Waals surface area contributed by atoms with Crippen LogP contribution in [0, 0.1) is 32.5 Å². The molecule has 0 bridgehead atoms. The second-order valence-electron chi connectivity index (χ2n) is 36.4. The van der Waals surface area contributed by atoms with Gasteiger partial charge in [-0.3, -0.25) is 28.8 Å². The van der Waals surface area contributed by atoms with E-state index in [2.05, 4.69) is 18.6 Å². The highest BCUT2D eigenvalue weighted by molar-refractivity contribution is 8.12. The van der Waals surface area contributed by atoms with Crippen molar-refractivity contribution in [3.05, 3.63) is 119 Å². The third kappa shape index (κ3) is 58.1. The zero-order valence-electron chi connectivity index (χ0n) is 85.0. The number of sulfonamides is 2. The van der Waals surface area contributed by atoms with Crippen molar-refractivity contribution in [2.75, 3.05) is 76.7 Å². The van der Waals surface area contributed by atoms with Gasteiger partial charge >= 0.3 is 41.3 Å². The van der Waals surface area contributed by atoms with Crippen LogP contribution >= 0.6 is 0 Å². The highest BCUT2D eigenvalue weighted by Gasteiger charge is 2.41. The van der Waals surface area contributed by atoms with E-state index in [9.17, 15) is 137 Å². The number of fused-ring (bicyclic) bond motifs is 1. The Labute approximate surface area is 844 Å². The summed E-state index contributed by atoms with van der Waals surface area (Å²) in [6, 6.07) is 24.7. The highest BCUT2D eigenvalue weighted by Crippen LogP contribution is 2.36. The summed E-state index contributed by atoms with van der Waals surface area (Å²) in [6.45, 7) is 39.0. The number of carbonyl (C=O) groups excluding carboxylic acids is 6. The first kappa shape index (κ1) is 137. The van der Waals surface area contributed by atoms with Crippen LogP contribution in [0.2, 0.25) is 0 Å². The summed E-state index contributed by atoms with van der Waals surface area (Å²) in [7, 11) is -37.0. The van der Waals surface area contributed by atoms with Gasteiger partial charge in [0.25, 0.3) is 0 Å². The number of hydrogen-bond donors (Lipinski definition) is 0. The second kappa shape index (κ2) is 63.4. The van der Waals surface area contributed by atoms with Crippen molar-refractivity contribution in [1.82, 2.24) is 0 Å². The quantitative estimate of drug-likeness (QED) is 0.0151. The number of unbranched alkanes of at least 4 members (excludes halogenated alkanes) is 8. The molecule has 0 aliphatic carbocycles. The van der Waals surface area contributed by atoms with Gasteiger partial charge in [-0.05, 0) is 238 Å². The van der Waals surface area contributed by atoms with Crippen molar-refractivity contribution in [1.29, 1.82) is 0 Å². The van der Waals surface area contributed by atoms with E-state index in [0.717, 1.165) is 87.6 Å². The Bertz CT molecular complexity index is 5700. The molecule has 0 radical (unpaired) electrons. The van der Waals surface area contributed by atoms with E-state index in [4.69, 9.17) is 37.9 Å². The van der Waals surface area contributed by atoms with E-state index in [-0.39, 0.29) is 94.8 Å². The van der Waals surface area contributed by atoms with E-state index in [0.29, 0.717) is 125 Å². The molecule has 0 heterocycles. The number of halogens is 3. The average molecular weight is 2190 g/mol. The van der Waals surface area contributed by atoms with E-state index in [1.165, 1.54) is 48.5 Å². The fraction of sp³-hybridized carbons (Fsp3) is 0.638. The number of carbonyl (C=O) groups is 6. The van der Waals surface area contributed by atoms with Gasteiger partial charge in [0.1, 0.15) is 64.2 Å². The number of esters is 6. The Morgan fingerprint density at radius 2 is 0.580 bits per heavy atom. The number of alkyl halides is 3. The summed E-state index contributed by atoms with van der Waals surface area (Å²) in [4.78, 5) is 68.4. The lowest BCUT2D eigenvalue weighted by Gasteiger charge is -2.22. The minimum atomic E-state index is -6.19. The van der Waals surface area contributed by atoms with Gasteiger partial charge in [0.05, 0.1) is 136 Å². The highest BCUT2D eigenvalue weighted by atomic mass is 32.3. The standard InChI is InChI=1S/C19H24O6S.C16H21F3NO7S2.C15H22O6S.C14H28O5S.C12H24O5S.C10H14O3S.C8H16O5S/c1-4-19(2,3)18(20)25-13-7-12-24-16-10-11-17(26(21,22)23)15-9-6-5-8-14(15)16;1-4-15(2,3)14(21)27-11-5-10-26-12-6-8-13(9-7-12)28(22,23)20-29(24,25)16(17,18)19;1-4-15(2,3)14(16)21-11-5-10-20-12-6-8-13(9-7-12)22(17,18)19;1-4-14(2,3)13(15)19-11-9-7-5-6-8-10-12-20(16,17)18;1-4-12(2,3)11(13)17-9-7-5-6-8-10-18(14,15)16;1-3-8(2)9-4-6-10(7-5-9)14(11,12)13;1-4-8(2,3)7(9)13-5-6-14(10,11)12/h5-6,8-11H,4,7,12-13H2,1-3H3,(H,21,22,23);6-9H,4-5,10-11H2,1-3H3;6-9H,4-5,10-11H2,1-3H3,(H,17,18,19);4-12H2,1-3H3,(H,16,17,18);4-10H2,1-3H3,(H,14,15,16);4-8H,3H2,1-2H3,(H,11,12,13);4-6H2,1-3H3,(H,10,11,12)/q;-1;;;;;/p-6. The van der Waals surface area contributed by atoms with Crippen LogP contribution < -0.4 is 14.2 Å². The van der Waals surface area contributed by atoms with Crippen molar-refractivity contribution >= 4 is 127 Å². The summed E-state index contributed by atoms with van der Waals surface area (Å²) in [5.41, 5.74) is -7.84. The van der Waals surface area contributed by atoms with E-state index >= 15 is 0 Å². The topological polar surface area (TPSA) is 611 Å². The first-order chi connectivity index (χ1) is 65.5. The van der Waals surface area contributed by atoms with Gasteiger partial charge in [0, 0.05) is 46.4 Å². The molecule has 1 atom stereocenters. The second-order valence-corrected chi connectivity index (χ2v) is 48.5. The molecular formula is C94H143F3NO37S8-7. The van der Waals surface area contributed by atoms with Crippen LogP contribution in [-0.4, -0.2) is 213 Å². The summed E-state index contributed by atoms with van der Waals surface area (Å²) in [5.74, 6) is -1.40. The largest absolute Gasteiger partial charge is 0.748 e. The molecule has 0 saturated carbocycles. The van der Waals surface area contributed by atoms with Crippen molar-refractivity contribution < 1.29 is 179 Å². The molecule has 5 rings (SSSR count). The van der Waals surface area contributed by atoms with Crippen molar-refractivity contribution in [3.63, 3.8) is 0 Å². The molecule has 0 spiro atoms. The van der Waals surface area contributed by atoms with Crippen molar-refractivity contribution in [2.45, 2.75) is 298 Å². The summed E-state index contributed by atoms with van der Waals surface area (Å²) in [6.07, 6.45) is 13.8. The molecule has 0 aliphatic heterocycles. The number of hydrogen-bond acceptors (Lipinski definition) is 37. The third-order valence-corrected chi connectivity index (χ3v) is 30.1. The third-order valence-electron chi connectivity index (χ3n) is 22.3. The molecule has 5 aromatic rings. The zero-order chi connectivity index (χ0) is 111. The minimum absolute atomic E-state index is 0.114. The predicted molar refractivity (Wildman–Crippen MR) is 522 cm³/mol. The minimum Gasteiger partial charge on any atom is -0.748 e. The van der Waals surface area contributed by atoms with Gasteiger partial charge < -0.3 is 74.1 Å². The summed E-state index contributed by atoms with van der Waals surface area (Å²) >= 11 is 0. The maximum absolute atomic E-state index is 12.3. The first-order valence-electron chi connectivity index (χ1n) is 46.2. The molecule has 0 aliphatic rings. The van der Waals surface area contributed by atoms with Crippen molar-refractivity contribution in [2.24, 2.45) is 32.5 Å². The van der Waals surface area contributed by atoms with Gasteiger partial charge in [-0.25, -0.2) is 67.3 Å². The lowest BCUT2D eigenvalue weighted by molar-refractivity contribution is -0.155. The average Bonchev–Trinajstić information content (AvgIpc) is 0.780. The molecule has 5 aromatic carbocycles. The zero-order valence-corrected chi connectivity index (χ0v) is 91.6. The molecule has 0 N–H and O–H groups in total. The number of nitrogens with zero attached hydrogens (tertiary/aromatic N) is 1. The smallest absolute Gasteiger partial charge is 0.480 e. The Kier molecular flexibility index (Phi) is 60.6. The normalized spacial score (nSPS) is 12.6. The number of rotatable bonds is 54. The predicted octanol–water partition coefficient (Wildman–Crippen LogP) is 16.7. The van der Waals surface area contributed by atoms with E-state index in [1.807, 2.05) is 101 Å². The van der Waals surface area contributed by atoms with Crippen LogP contribution in [0.1, 0.15) is 278 Å². The van der Waals surface area contributed by atoms with Gasteiger partial charge in [0.2, 0.25) is 0 Å². The molecule has 0 saturated heterocycles. The van der Waals surface area contributed by atoms with Crippen LogP contribution in [0.25, 0.3) is 14.9 Å². The molecule has 1 unspecified atom stereocenters. The summed E-state index contributed by atoms with van der Waals surface area (Å²) < 4.78 is 322. The van der Waals surface area contributed by atoms with E-state index < -0.39 is 135 Å². The fourth-order valence-electron chi connectivity index (χ4n) is 10.1. The molecule has 49 heteroatoms. The van der Waals surface area contributed by atoms with Gasteiger partial charge in [-0.1, -0.05) is 130 Å². The Morgan fingerprint density at radius 1 is 0.308 bits per heavy atom. The Morgan fingerprint density at radius 3 is 0.867 bits per heavy atom. The number of ether oxygens (including phenoxy) is 9. The van der Waals surface area contributed by atoms with Gasteiger partial charge in [-0.2, -0.15) is 13.2 Å². The molecule has 0 fully saturated rings. The molecule has 0 aromatic heterocycles. The Hall–Kier alpha value is -8.31. The molecule has 38 nitrogen and oxygen atoms in total. The van der Waals surface area contributed by atoms with Crippen LogP contribution in [-0.2, 0) is 138 Å². The van der Waals surface area contributed by atoms with Crippen LogP contribution in [0.3, 0.4) is 0 Å². The van der Waals surface area contributed by atoms with Gasteiger partial charge in [0.15, 0.2) is 10.0 Å². The lowest BCUT2D eigenvalue weighted by atomic mass is 9.91. The van der Waals surface area contributed by atoms with Crippen LogP contribution in [0.5, 0.6) is 17.2 Å². The first-order valence-corrected chi connectivity index (χ1v) is 58.0. The van der Waals surface area contributed by atoms with E-state index in [1.54, 1.807) is 64.1 Å². The maximum atomic E-state index is 12.3. The maximum Gasteiger partial charge on any atom is 0.480 e. The molecule has 143 heavy (non-hydrogen) atoms. The van der Waals surface area contributed by atoms with Gasteiger partial charge in [-0.15, -0.1) is 0 Å². The molecule has 822 valence electrons. The van der Waals surface area contributed by atoms with Crippen LogP contribution in [0.15, 0.2) is 129 Å². The fourth-order valence-corrected chi connectivity index (χ4v) is 15.3. The Balaban J connectivity index is 0.